The molecule has 0 aliphatic rings. The molecule has 0 aromatic heterocycles. The van der Waals surface area contributed by atoms with Gasteiger partial charge in [-0.3, -0.25) is 14.9 Å². The summed E-state index contributed by atoms with van der Waals surface area (Å²) in [6.07, 6.45) is 0. The first-order valence-corrected chi connectivity index (χ1v) is 8.52. The van der Waals surface area contributed by atoms with E-state index in [-0.39, 0.29) is 16.4 Å². The summed E-state index contributed by atoms with van der Waals surface area (Å²) in [4.78, 5) is 33.8. The van der Waals surface area contributed by atoms with Crippen molar-refractivity contribution in [1.82, 2.24) is 0 Å². The number of esters is 1. The monoisotopic (exact) mass is 408 g/mol. The molecule has 1 N–H and O–H groups in total. The zero-order valence-corrected chi connectivity index (χ0v) is 15.6. The molecular weight excluding hydrogens is 392 g/mol. The summed E-state index contributed by atoms with van der Waals surface area (Å²) in [6, 6.07) is 10.4. The smallest absolute Gasteiger partial charge is 0.344 e. The minimum Gasteiger partial charge on any atom is -0.494 e. The predicted molar refractivity (Wildman–Crippen MR) is 101 cm³/mol. The molecule has 0 unspecified atom stereocenters. The molecule has 0 aliphatic heterocycles. The molecule has 0 saturated heterocycles. The molecular formula is C18H17ClN2O7. The lowest BCUT2D eigenvalue weighted by Crippen LogP contribution is -2.24. The van der Waals surface area contributed by atoms with Crippen LogP contribution in [0.5, 0.6) is 11.5 Å². The van der Waals surface area contributed by atoms with Crippen molar-refractivity contribution in [3.63, 3.8) is 0 Å². The zero-order chi connectivity index (χ0) is 20.5. The molecule has 10 heteroatoms. The SMILES string of the molecule is CCOc1ccc(OCC(=O)OCC(=O)Nc2ccc(Cl)cc2[N+](=O)[O-])cc1. The van der Waals surface area contributed by atoms with Crippen molar-refractivity contribution < 1.29 is 28.7 Å². The number of nitrogens with zero attached hydrogens (tertiary/aromatic N) is 1. The van der Waals surface area contributed by atoms with Crippen LogP contribution in [-0.4, -0.2) is 36.6 Å². The Morgan fingerprint density at radius 3 is 2.32 bits per heavy atom. The third-order valence-electron chi connectivity index (χ3n) is 3.29. The average Bonchev–Trinajstić information content (AvgIpc) is 2.67. The van der Waals surface area contributed by atoms with Gasteiger partial charge in [-0.25, -0.2) is 4.79 Å². The van der Waals surface area contributed by atoms with Gasteiger partial charge in [0.1, 0.15) is 17.2 Å². The summed E-state index contributed by atoms with van der Waals surface area (Å²) in [5, 5.41) is 13.4. The Bertz CT molecular complexity index is 856. The quantitative estimate of drug-likeness (QED) is 0.384. The number of nitro benzene ring substituents is 1. The van der Waals surface area contributed by atoms with E-state index in [9.17, 15) is 19.7 Å². The third kappa shape index (κ3) is 6.44. The normalized spacial score (nSPS) is 10.1. The van der Waals surface area contributed by atoms with Gasteiger partial charge < -0.3 is 19.5 Å². The van der Waals surface area contributed by atoms with E-state index in [1.807, 2.05) is 6.92 Å². The maximum atomic E-state index is 11.9. The number of carbonyl (C=O) groups is 2. The summed E-state index contributed by atoms with van der Waals surface area (Å²) < 4.78 is 15.3. The number of hydrogen-bond acceptors (Lipinski definition) is 7. The van der Waals surface area contributed by atoms with E-state index >= 15 is 0 Å². The molecule has 0 fully saturated rings. The van der Waals surface area contributed by atoms with E-state index < -0.39 is 30.0 Å². The fraction of sp³-hybridized carbons (Fsp3) is 0.222. The van der Waals surface area contributed by atoms with E-state index in [1.165, 1.54) is 12.1 Å². The molecule has 2 aromatic carbocycles. The zero-order valence-electron chi connectivity index (χ0n) is 14.8. The van der Waals surface area contributed by atoms with Gasteiger partial charge in [0.15, 0.2) is 13.2 Å². The summed E-state index contributed by atoms with van der Waals surface area (Å²) in [5.41, 5.74) is -0.424. The largest absolute Gasteiger partial charge is 0.494 e. The number of anilines is 1. The molecule has 0 bridgehead atoms. The molecule has 0 atom stereocenters. The van der Waals surface area contributed by atoms with E-state index in [4.69, 9.17) is 25.8 Å². The molecule has 2 rings (SSSR count). The molecule has 2 aromatic rings. The van der Waals surface area contributed by atoms with Gasteiger partial charge >= 0.3 is 5.97 Å². The molecule has 0 radical (unpaired) electrons. The fourth-order valence-electron chi connectivity index (χ4n) is 2.08. The third-order valence-corrected chi connectivity index (χ3v) is 3.52. The first kappa shape index (κ1) is 21.0. The Morgan fingerprint density at radius 1 is 1.07 bits per heavy atom. The molecule has 9 nitrogen and oxygen atoms in total. The van der Waals surface area contributed by atoms with Gasteiger partial charge in [-0.2, -0.15) is 0 Å². The maximum Gasteiger partial charge on any atom is 0.344 e. The predicted octanol–water partition coefficient (Wildman–Crippen LogP) is 3.21. The summed E-state index contributed by atoms with van der Waals surface area (Å²) in [5.74, 6) is -0.401. The minimum atomic E-state index is -0.769. The highest BCUT2D eigenvalue weighted by molar-refractivity contribution is 6.31. The van der Waals surface area contributed by atoms with Crippen LogP contribution >= 0.6 is 11.6 Å². The van der Waals surface area contributed by atoms with Crippen molar-refractivity contribution >= 4 is 34.9 Å². The van der Waals surface area contributed by atoms with Crippen LogP contribution in [0.3, 0.4) is 0 Å². The van der Waals surface area contributed by atoms with E-state index in [2.05, 4.69) is 5.32 Å². The molecule has 0 spiro atoms. The Kier molecular flexibility index (Phi) is 7.58. The van der Waals surface area contributed by atoms with E-state index in [0.717, 1.165) is 6.07 Å². The van der Waals surface area contributed by atoms with Gasteiger partial charge in [-0.05, 0) is 43.3 Å². The van der Waals surface area contributed by atoms with Gasteiger partial charge in [0.05, 0.1) is 11.5 Å². The van der Waals surface area contributed by atoms with Crippen molar-refractivity contribution in [2.24, 2.45) is 0 Å². The van der Waals surface area contributed by atoms with Gasteiger partial charge in [-0.15, -0.1) is 0 Å². The van der Waals surface area contributed by atoms with Crippen LogP contribution in [0.2, 0.25) is 5.02 Å². The Labute approximate surface area is 165 Å². The van der Waals surface area contributed by atoms with Gasteiger partial charge in [0.2, 0.25) is 0 Å². The maximum absolute atomic E-state index is 11.9. The van der Waals surface area contributed by atoms with Crippen LogP contribution < -0.4 is 14.8 Å². The van der Waals surface area contributed by atoms with E-state index in [1.54, 1.807) is 24.3 Å². The van der Waals surface area contributed by atoms with Crippen LogP contribution in [0, 0.1) is 10.1 Å². The summed E-state index contributed by atoms with van der Waals surface area (Å²) in [7, 11) is 0. The number of nitro groups is 1. The van der Waals surface area contributed by atoms with Crippen LogP contribution in [0.15, 0.2) is 42.5 Å². The van der Waals surface area contributed by atoms with Crippen molar-refractivity contribution in [2.75, 3.05) is 25.1 Å². The van der Waals surface area contributed by atoms with Crippen molar-refractivity contribution in [2.45, 2.75) is 6.92 Å². The van der Waals surface area contributed by atoms with E-state index in [0.29, 0.717) is 18.1 Å². The highest BCUT2D eigenvalue weighted by atomic mass is 35.5. The molecule has 1 amide bonds. The minimum absolute atomic E-state index is 0.0545. The molecule has 0 saturated carbocycles. The van der Waals surface area contributed by atoms with Crippen molar-refractivity contribution in [3.8, 4) is 11.5 Å². The highest BCUT2D eigenvalue weighted by Crippen LogP contribution is 2.27. The van der Waals surface area contributed by atoms with Crippen molar-refractivity contribution in [3.05, 3.63) is 57.6 Å². The topological polar surface area (TPSA) is 117 Å². The van der Waals surface area contributed by atoms with Crippen LogP contribution in [0.25, 0.3) is 0 Å². The fourth-order valence-corrected chi connectivity index (χ4v) is 2.24. The number of rotatable bonds is 9. The Hall–Kier alpha value is -3.33. The van der Waals surface area contributed by atoms with Crippen LogP contribution in [0.1, 0.15) is 6.92 Å². The van der Waals surface area contributed by atoms with Gasteiger partial charge in [0, 0.05) is 11.1 Å². The van der Waals surface area contributed by atoms with Gasteiger partial charge in [-0.1, -0.05) is 11.6 Å². The number of ether oxygens (including phenoxy) is 3. The number of hydrogen-bond donors (Lipinski definition) is 1. The highest BCUT2D eigenvalue weighted by Gasteiger charge is 2.17. The Balaban J connectivity index is 1.79. The summed E-state index contributed by atoms with van der Waals surface area (Å²) in [6.45, 7) is 1.38. The average molecular weight is 409 g/mol. The first-order chi connectivity index (χ1) is 13.4. The first-order valence-electron chi connectivity index (χ1n) is 8.14. The Morgan fingerprint density at radius 2 is 1.71 bits per heavy atom. The lowest BCUT2D eigenvalue weighted by Gasteiger charge is -2.09. The molecule has 0 aliphatic carbocycles. The van der Waals surface area contributed by atoms with Crippen molar-refractivity contribution in [1.29, 1.82) is 0 Å². The number of nitrogens with one attached hydrogen (secondary N) is 1. The molecule has 148 valence electrons. The number of halogens is 1. The van der Waals surface area contributed by atoms with Crippen LogP contribution in [-0.2, 0) is 14.3 Å². The summed E-state index contributed by atoms with van der Waals surface area (Å²) >= 11 is 5.70. The lowest BCUT2D eigenvalue weighted by molar-refractivity contribution is -0.383. The number of amides is 1. The second-order valence-corrected chi connectivity index (χ2v) is 5.76. The van der Waals surface area contributed by atoms with Gasteiger partial charge in [0.25, 0.3) is 11.6 Å². The van der Waals surface area contributed by atoms with Crippen LogP contribution in [0.4, 0.5) is 11.4 Å². The second kappa shape index (κ2) is 10.1. The molecule has 0 heterocycles. The lowest BCUT2D eigenvalue weighted by atomic mass is 10.2. The number of benzene rings is 2. The molecule has 28 heavy (non-hydrogen) atoms. The number of carbonyl (C=O) groups excluding carboxylic acids is 2. The second-order valence-electron chi connectivity index (χ2n) is 5.32. The standard InChI is InChI=1S/C18H17ClN2O7/c1-2-26-13-4-6-14(7-5-13)27-11-18(23)28-10-17(22)20-15-8-3-12(19)9-16(15)21(24)25/h3-9H,2,10-11H2,1H3,(H,20,22).